The van der Waals surface area contributed by atoms with Crippen LogP contribution in [-0.2, 0) is 9.59 Å². The molecule has 130 valence electrons. The Hall–Kier alpha value is -3.02. The molecule has 2 N–H and O–H groups in total. The number of para-hydroxylation sites is 1. The average Bonchev–Trinajstić information content (AvgIpc) is 3.25. The summed E-state index contributed by atoms with van der Waals surface area (Å²) in [5.74, 6) is 0.195. The van der Waals surface area contributed by atoms with Crippen molar-refractivity contribution in [2.75, 3.05) is 23.1 Å². The van der Waals surface area contributed by atoms with Crippen LogP contribution in [0, 0.1) is 6.92 Å². The number of benzene rings is 2. The van der Waals surface area contributed by atoms with Gasteiger partial charge in [0.05, 0.1) is 11.4 Å². The van der Waals surface area contributed by atoms with Gasteiger partial charge >= 0.3 is 0 Å². The zero-order valence-corrected chi connectivity index (χ0v) is 14.2. The Balaban J connectivity index is 0.000000146. The summed E-state index contributed by atoms with van der Waals surface area (Å²) in [6.07, 6.45) is 1.18. The first-order chi connectivity index (χ1) is 12.1. The van der Waals surface area contributed by atoms with Crippen molar-refractivity contribution in [2.24, 2.45) is 0 Å². The van der Waals surface area contributed by atoms with Crippen LogP contribution in [0.1, 0.15) is 18.4 Å². The SMILES string of the molecule is Cc1cccc(N2CCC(=O)N2)c1.O=C1CCN(c2ccccc2)N1. The minimum absolute atomic E-state index is 0.0962. The minimum Gasteiger partial charge on any atom is -0.285 e. The van der Waals surface area contributed by atoms with Crippen molar-refractivity contribution >= 4 is 23.2 Å². The summed E-state index contributed by atoms with van der Waals surface area (Å²) in [7, 11) is 0. The average molecular weight is 338 g/mol. The Labute approximate surface area is 147 Å². The highest BCUT2D eigenvalue weighted by Crippen LogP contribution is 2.16. The van der Waals surface area contributed by atoms with E-state index in [2.05, 4.69) is 16.9 Å². The first kappa shape index (κ1) is 16.8. The second-order valence-electron chi connectivity index (χ2n) is 6.05. The van der Waals surface area contributed by atoms with E-state index in [1.165, 1.54) is 5.56 Å². The molecule has 0 saturated carbocycles. The number of nitrogens with zero attached hydrogens (tertiary/aromatic N) is 2. The lowest BCUT2D eigenvalue weighted by Crippen LogP contribution is -2.32. The fourth-order valence-corrected chi connectivity index (χ4v) is 2.74. The third-order valence-electron chi connectivity index (χ3n) is 4.03. The second-order valence-corrected chi connectivity index (χ2v) is 6.05. The molecule has 6 heteroatoms. The molecule has 0 atom stereocenters. The Kier molecular flexibility index (Phi) is 5.18. The number of amides is 2. The van der Waals surface area contributed by atoms with Crippen LogP contribution < -0.4 is 20.9 Å². The molecule has 0 radical (unpaired) electrons. The highest BCUT2D eigenvalue weighted by molar-refractivity contribution is 5.82. The van der Waals surface area contributed by atoms with Gasteiger partial charge in [-0.15, -0.1) is 0 Å². The number of hydrogen-bond donors (Lipinski definition) is 2. The number of carbonyl (C=O) groups is 2. The van der Waals surface area contributed by atoms with Crippen molar-refractivity contribution in [3.05, 3.63) is 60.2 Å². The van der Waals surface area contributed by atoms with Crippen LogP contribution in [0.15, 0.2) is 54.6 Å². The summed E-state index contributed by atoms with van der Waals surface area (Å²) in [6.45, 7) is 3.58. The molecule has 25 heavy (non-hydrogen) atoms. The summed E-state index contributed by atoms with van der Waals surface area (Å²) in [5, 5.41) is 3.75. The van der Waals surface area contributed by atoms with Crippen molar-refractivity contribution in [3.8, 4) is 0 Å². The van der Waals surface area contributed by atoms with E-state index in [9.17, 15) is 9.59 Å². The van der Waals surface area contributed by atoms with E-state index >= 15 is 0 Å². The van der Waals surface area contributed by atoms with Crippen molar-refractivity contribution in [2.45, 2.75) is 19.8 Å². The van der Waals surface area contributed by atoms with Gasteiger partial charge in [0.2, 0.25) is 11.8 Å². The topological polar surface area (TPSA) is 64.7 Å². The molecule has 0 unspecified atom stereocenters. The molecule has 0 spiro atoms. The number of rotatable bonds is 2. The lowest BCUT2D eigenvalue weighted by Gasteiger charge is -2.17. The third-order valence-corrected chi connectivity index (χ3v) is 4.03. The summed E-state index contributed by atoms with van der Waals surface area (Å²) in [4.78, 5) is 21.8. The number of aryl methyl sites for hydroxylation is 1. The molecule has 0 bridgehead atoms. The van der Waals surface area contributed by atoms with E-state index in [-0.39, 0.29) is 11.8 Å². The fraction of sp³-hybridized carbons (Fsp3) is 0.263. The zero-order chi connectivity index (χ0) is 17.6. The largest absolute Gasteiger partial charge is 0.285 e. The van der Waals surface area contributed by atoms with Crippen LogP contribution in [0.2, 0.25) is 0 Å². The Bertz CT molecular complexity index is 748. The van der Waals surface area contributed by atoms with Crippen LogP contribution in [0.4, 0.5) is 11.4 Å². The van der Waals surface area contributed by atoms with Crippen LogP contribution >= 0.6 is 0 Å². The minimum atomic E-state index is 0.0962. The van der Waals surface area contributed by atoms with Gasteiger partial charge in [0.15, 0.2) is 0 Å². The van der Waals surface area contributed by atoms with Crippen LogP contribution in [-0.4, -0.2) is 24.9 Å². The first-order valence-electron chi connectivity index (χ1n) is 8.37. The highest BCUT2D eigenvalue weighted by Gasteiger charge is 2.18. The summed E-state index contributed by atoms with van der Waals surface area (Å²) < 4.78 is 0. The van der Waals surface area contributed by atoms with Crippen molar-refractivity contribution in [1.82, 2.24) is 10.9 Å². The van der Waals surface area contributed by atoms with E-state index < -0.39 is 0 Å². The van der Waals surface area contributed by atoms with Crippen LogP contribution in [0.3, 0.4) is 0 Å². The first-order valence-corrected chi connectivity index (χ1v) is 8.37. The standard InChI is InChI=1S/C10H12N2O.C9H10N2O/c1-8-3-2-4-9(7-8)12-6-5-10(13)11-12;12-9-6-7-11(10-9)8-4-2-1-3-5-8/h2-4,7H,5-6H2,1H3,(H,11,13);1-5H,6-7H2,(H,10,12). The lowest BCUT2D eigenvalue weighted by molar-refractivity contribution is -0.119. The molecule has 2 aliphatic rings. The number of hydrogen-bond acceptors (Lipinski definition) is 4. The molecule has 2 aromatic carbocycles. The molecule has 2 amide bonds. The monoisotopic (exact) mass is 338 g/mol. The Morgan fingerprint density at radius 3 is 1.84 bits per heavy atom. The molecular formula is C19H22N4O2. The normalized spacial score (nSPS) is 16.2. The number of hydrazine groups is 2. The van der Waals surface area contributed by atoms with E-state index in [0.717, 1.165) is 24.5 Å². The summed E-state index contributed by atoms with van der Waals surface area (Å²) in [5.41, 5.74) is 8.87. The maximum absolute atomic E-state index is 11.0. The Morgan fingerprint density at radius 2 is 1.32 bits per heavy atom. The lowest BCUT2D eigenvalue weighted by atomic mass is 10.2. The summed E-state index contributed by atoms with van der Waals surface area (Å²) in [6, 6.07) is 17.9. The van der Waals surface area contributed by atoms with Gasteiger partial charge in [-0.1, -0.05) is 30.3 Å². The number of anilines is 2. The maximum Gasteiger partial charge on any atom is 0.240 e. The van der Waals surface area contributed by atoms with Crippen LogP contribution in [0.25, 0.3) is 0 Å². The fourth-order valence-electron chi connectivity index (χ4n) is 2.74. The van der Waals surface area contributed by atoms with E-state index in [1.807, 2.05) is 65.5 Å². The molecule has 2 saturated heterocycles. The van der Waals surface area contributed by atoms with Gasteiger partial charge < -0.3 is 0 Å². The van der Waals surface area contributed by atoms with Crippen LogP contribution in [0.5, 0.6) is 0 Å². The molecule has 0 aliphatic carbocycles. The van der Waals surface area contributed by atoms with E-state index in [1.54, 1.807) is 0 Å². The highest BCUT2D eigenvalue weighted by atomic mass is 16.2. The molecule has 2 aromatic rings. The maximum atomic E-state index is 11.0. The molecule has 0 aromatic heterocycles. The van der Waals surface area contributed by atoms with E-state index in [0.29, 0.717) is 12.8 Å². The predicted molar refractivity (Wildman–Crippen MR) is 97.8 cm³/mol. The van der Waals surface area contributed by atoms with Gasteiger partial charge in [-0.2, -0.15) is 0 Å². The molecule has 4 rings (SSSR count). The predicted octanol–water partition coefficient (Wildman–Crippen LogP) is 2.16. The smallest absolute Gasteiger partial charge is 0.240 e. The molecule has 2 heterocycles. The molecule has 2 aliphatic heterocycles. The molecule has 2 fully saturated rings. The van der Waals surface area contributed by atoms with E-state index in [4.69, 9.17) is 0 Å². The van der Waals surface area contributed by atoms with Gasteiger partial charge in [0.25, 0.3) is 0 Å². The van der Waals surface area contributed by atoms with Crippen molar-refractivity contribution in [3.63, 3.8) is 0 Å². The van der Waals surface area contributed by atoms with Crippen molar-refractivity contribution < 1.29 is 9.59 Å². The quantitative estimate of drug-likeness (QED) is 0.881. The van der Waals surface area contributed by atoms with Gasteiger partial charge in [0, 0.05) is 25.9 Å². The number of carbonyl (C=O) groups excluding carboxylic acids is 2. The van der Waals surface area contributed by atoms with Gasteiger partial charge in [-0.3, -0.25) is 30.5 Å². The molecular weight excluding hydrogens is 316 g/mol. The molecule has 6 nitrogen and oxygen atoms in total. The van der Waals surface area contributed by atoms with Crippen molar-refractivity contribution in [1.29, 1.82) is 0 Å². The Morgan fingerprint density at radius 1 is 0.760 bits per heavy atom. The van der Waals surface area contributed by atoms with Gasteiger partial charge in [0.1, 0.15) is 0 Å². The summed E-state index contributed by atoms with van der Waals surface area (Å²) >= 11 is 0. The van der Waals surface area contributed by atoms with Gasteiger partial charge in [-0.05, 0) is 36.8 Å². The van der Waals surface area contributed by atoms with Gasteiger partial charge in [-0.25, -0.2) is 0 Å². The number of nitrogens with one attached hydrogen (secondary N) is 2. The second kappa shape index (κ2) is 7.70. The zero-order valence-electron chi connectivity index (χ0n) is 14.2. The third kappa shape index (κ3) is 4.50.